The van der Waals surface area contributed by atoms with Crippen molar-refractivity contribution in [2.45, 2.75) is 17.5 Å². The number of carbonyl (C=O) groups excluding carboxylic acids is 1. The first-order valence-electron chi connectivity index (χ1n) is 5.25. The molecule has 1 aromatic rings. The quantitative estimate of drug-likeness (QED) is 0.501. The summed E-state index contributed by atoms with van der Waals surface area (Å²) < 4.78 is 122. The fourth-order valence-corrected chi connectivity index (χ4v) is 1.76. The number of benzene rings is 1. The number of hydrogen-bond acceptors (Lipinski definition) is 4. The van der Waals surface area contributed by atoms with E-state index in [4.69, 9.17) is 4.55 Å². The molecule has 1 unspecified atom stereocenters. The number of rotatable bonds is 4. The molecular weight excluding hydrogens is 365 g/mol. The van der Waals surface area contributed by atoms with Crippen LogP contribution in [0, 0.1) is 11.6 Å². The maximum absolute atomic E-state index is 13.1. The number of esters is 1. The minimum Gasteiger partial charge on any atom is -0.441 e. The van der Waals surface area contributed by atoms with Gasteiger partial charge in [0.25, 0.3) is 6.10 Å². The van der Waals surface area contributed by atoms with Gasteiger partial charge in [-0.2, -0.15) is 30.4 Å². The molecule has 0 saturated carbocycles. The van der Waals surface area contributed by atoms with E-state index in [1.807, 2.05) is 0 Å². The molecule has 0 fully saturated rings. The van der Waals surface area contributed by atoms with Gasteiger partial charge in [-0.1, -0.05) is 0 Å². The summed E-state index contributed by atoms with van der Waals surface area (Å²) in [6.45, 7) is 0. The minimum absolute atomic E-state index is 0.171. The van der Waals surface area contributed by atoms with Gasteiger partial charge in [0, 0.05) is 6.07 Å². The standard InChI is InChI=1S/C10H5F7O5S/c11-5-1-4(2-6(12)3-5)7(18)22-8(9(13,14)15)10(16,17)23(19,20)21/h1-3,8H,(H,19,20,21). The highest BCUT2D eigenvalue weighted by Crippen LogP contribution is 2.38. The van der Waals surface area contributed by atoms with E-state index in [0.717, 1.165) is 0 Å². The summed E-state index contributed by atoms with van der Waals surface area (Å²) in [4.78, 5) is 11.3. The maximum atomic E-state index is 13.1. The van der Waals surface area contributed by atoms with E-state index in [0.29, 0.717) is 0 Å². The Kier molecular flexibility index (Phi) is 4.96. The fraction of sp³-hybridized carbons (Fsp3) is 0.300. The van der Waals surface area contributed by atoms with E-state index < -0.39 is 50.8 Å². The number of ether oxygens (including phenoxy) is 1. The molecule has 5 nitrogen and oxygen atoms in total. The zero-order valence-electron chi connectivity index (χ0n) is 10.4. The van der Waals surface area contributed by atoms with Crippen LogP contribution in [0.15, 0.2) is 18.2 Å². The Bertz CT molecular complexity index is 693. The summed E-state index contributed by atoms with van der Waals surface area (Å²) in [5.74, 6) is -5.14. The Labute approximate surface area is 123 Å². The number of carbonyl (C=O) groups is 1. The highest BCUT2D eigenvalue weighted by Gasteiger charge is 2.66. The normalized spacial score (nSPS) is 14.4. The molecule has 0 amide bonds. The lowest BCUT2D eigenvalue weighted by Crippen LogP contribution is -2.52. The lowest BCUT2D eigenvalue weighted by Gasteiger charge is -2.26. The fourth-order valence-electron chi connectivity index (χ4n) is 1.31. The minimum atomic E-state index is -6.61. The molecular formula is C10H5F7O5S. The molecule has 0 aliphatic carbocycles. The summed E-state index contributed by atoms with van der Waals surface area (Å²) in [6, 6.07) is 0.569. The van der Waals surface area contributed by atoms with E-state index in [2.05, 4.69) is 4.74 Å². The largest absolute Gasteiger partial charge is 0.441 e. The molecule has 23 heavy (non-hydrogen) atoms. The van der Waals surface area contributed by atoms with Gasteiger partial charge in [-0.05, 0) is 12.1 Å². The number of hydrogen-bond donors (Lipinski definition) is 1. The van der Waals surface area contributed by atoms with Crippen LogP contribution in [-0.4, -0.2) is 36.5 Å². The van der Waals surface area contributed by atoms with E-state index in [1.165, 1.54) is 0 Å². The monoisotopic (exact) mass is 370 g/mol. The molecule has 1 rings (SSSR count). The summed E-state index contributed by atoms with van der Waals surface area (Å²) in [5, 5.41) is -5.94. The second-order valence-electron chi connectivity index (χ2n) is 4.02. The number of halogens is 7. The van der Waals surface area contributed by atoms with Crippen LogP contribution < -0.4 is 0 Å². The molecule has 0 aromatic heterocycles. The predicted octanol–water partition coefficient (Wildman–Crippen LogP) is 2.53. The lowest BCUT2D eigenvalue weighted by molar-refractivity contribution is -0.248. The second-order valence-corrected chi connectivity index (χ2v) is 5.52. The van der Waals surface area contributed by atoms with Gasteiger partial charge in [-0.3, -0.25) is 4.55 Å². The zero-order valence-corrected chi connectivity index (χ0v) is 11.3. The Balaban J connectivity index is 3.25. The van der Waals surface area contributed by atoms with E-state index >= 15 is 0 Å². The highest BCUT2D eigenvalue weighted by atomic mass is 32.2. The van der Waals surface area contributed by atoms with Crippen LogP contribution in [0.3, 0.4) is 0 Å². The third-order valence-electron chi connectivity index (χ3n) is 2.27. The SMILES string of the molecule is O=C(OC(C(F)(F)F)C(F)(F)S(=O)(=O)O)c1cc(F)cc(F)c1. The first-order valence-corrected chi connectivity index (χ1v) is 6.69. The topological polar surface area (TPSA) is 80.7 Å². The van der Waals surface area contributed by atoms with Crippen LogP contribution >= 0.6 is 0 Å². The van der Waals surface area contributed by atoms with Gasteiger partial charge >= 0.3 is 27.5 Å². The van der Waals surface area contributed by atoms with Crippen molar-refractivity contribution < 1.29 is 53.2 Å². The van der Waals surface area contributed by atoms with E-state index in [1.54, 1.807) is 0 Å². The molecule has 1 aromatic carbocycles. The van der Waals surface area contributed by atoms with Crippen molar-refractivity contribution in [3.63, 3.8) is 0 Å². The maximum Gasteiger partial charge on any atom is 0.432 e. The van der Waals surface area contributed by atoms with Gasteiger partial charge in [0.05, 0.1) is 5.56 Å². The van der Waals surface area contributed by atoms with Crippen LogP contribution in [-0.2, 0) is 14.9 Å². The van der Waals surface area contributed by atoms with Crippen molar-refractivity contribution in [3.8, 4) is 0 Å². The lowest BCUT2D eigenvalue weighted by atomic mass is 10.2. The molecule has 130 valence electrons. The van der Waals surface area contributed by atoms with Crippen LogP contribution in [0.4, 0.5) is 30.7 Å². The Hall–Kier alpha value is -1.89. The van der Waals surface area contributed by atoms with Gasteiger partial charge in [-0.25, -0.2) is 13.6 Å². The highest BCUT2D eigenvalue weighted by molar-refractivity contribution is 7.86. The van der Waals surface area contributed by atoms with Gasteiger partial charge in [0.1, 0.15) is 11.6 Å². The zero-order chi connectivity index (χ0) is 18.2. The van der Waals surface area contributed by atoms with Gasteiger partial charge in [-0.15, -0.1) is 0 Å². The van der Waals surface area contributed by atoms with Crippen molar-refractivity contribution in [3.05, 3.63) is 35.4 Å². The summed E-state index contributed by atoms with van der Waals surface area (Å²) in [5.41, 5.74) is -1.22. The van der Waals surface area contributed by atoms with Gasteiger partial charge < -0.3 is 4.74 Å². The average Bonchev–Trinajstić information content (AvgIpc) is 2.31. The smallest absolute Gasteiger partial charge is 0.432 e. The van der Waals surface area contributed by atoms with Gasteiger partial charge in [0.15, 0.2) is 0 Å². The molecule has 0 spiro atoms. The molecule has 0 radical (unpaired) electrons. The van der Waals surface area contributed by atoms with Crippen molar-refractivity contribution >= 4 is 16.1 Å². The predicted molar refractivity (Wildman–Crippen MR) is 58.1 cm³/mol. The Morgan fingerprint density at radius 3 is 1.83 bits per heavy atom. The molecule has 1 atom stereocenters. The van der Waals surface area contributed by atoms with Crippen LogP contribution in [0.5, 0.6) is 0 Å². The Morgan fingerprint density at radius 2 is 1.48 bits per heavy atom. The van der Waals surface area contributed by atoms with E-state index in [9.17, 15) is 43.9 Å². The van der Waals surface area contributed by atoms with Crippen LogP contribution in [0.25, 0.3) is 0 Å². The third kappa shape index (κ3) is 4.31. The third-order valence-corrected chi connectivity index (χ3v) is 3.17. The second kappa shape index (κ2) is 5.96. The summed E-state index contributed by atoms with van der Waals surface area (Å²) in [7, 11) is -6.61. The first kappa shape index (κ1) is 19.2. The van der Waals surface area contributed by atoms with Crippen molar-refractivity contribution in [2.24, 2.45) is 0 Å². The van der Waals surface area contributed by atoms with Crippen LogP contribution in [0.2, 0.25) is 0 Å². The molecule has 0 aliphatic rings. The van der Waals surface area contributed by atoms with Gasteiger partial charge in [0.2, 0.25) is 0 Å². The average molecular weight is 370 g/mol. The number of alkyl halides is 5. The van der Waals surface area contributed by atoms with Crippen molar-refractivity contribution in [1.29, 1.82) is 0 Å². The molecule has 0 saturated heterocycles. The summed E-state index contributed by atoms with van der Waals surface area (Å²) >= 11 is 0. The van der Waals surface area contributed by atoms with Crippen molar-refractivity contribution in [1.82, 2.24) is 0 Å². The molecule has 0 heterocycles. The Morgan fingerprint density at radius 1 is 1.04 bits per heavy atom. The molecule has 1 N–H and O–H groups in total. The first-order chi connectivity index (χ1) is 10.2. The van der Waals surface area contributed by atoms with Crippen molar-refractivity contribution in [2.75, 3.05) is 0 Å². The molecule has 0 aliphatic heterocycles. The molecule has 13 heteroatoms. The van der Waals surface area contributed by atoms with E-state index in [-0.39, 0.29) is 18.2 Å². The summed E-state index contributed by atoms with van der Waals surface area (Å²) in [6.07, 6.45) is -10.7. The molecule has 0 bridgehead atoms. The van der Waals surface area contributed by atoms with Crippen LogP contribution in [0.1, 0.15) is 10.4 Å².